The van der Waals surface area contributed by atoms with Crippen molar-refractivity contribution in [1.82, 2.24) is 0 Å². The first-order chi connectivity index (χ1) is 24.3. The van der Waals surface area contributed by atoms with Crippen molar-refractivity contribution in [1.29, 1.82) is 0 Å². The first-order valence-corrected chi connectivity index (χ1v) is 16.7. The van der Waals surface area contributed by atoms with Crippen LogP contribution in [0.15, 0.2) is 173 Å². The predicted octanol–water partition coefficient (Wildman–Crippen LogP) is 10.7. The van der Waals surface area contributed by atoms with Gasteiger partial charge in [-0.25, -0.2) is 0 Å². The van der Waals surface area contributed by atoms with E-state index in [4.69, 9.17) is 8.83 Å². The van der Waals surface area contributed by atoms with Crippen LogP contribution in [0.4, 0.5) is 28.4 Å². The highest BCUT2D eigenvalue weighted by molar-refractivity contribution is 6.93. The van der Waals surface area contributed by atoms with Gasteiger partial charge >= 0.3 is 6.85 Å². The molecule has 0 spiro atoms. The number of fused-ring (bicyclic) bond motifs is 8. The number of anilines is 5. The van der Waals surface area contributed by atoms with Gasteiger partial charge in [0.05, 0.1) is 12.0 Å². The van der Waals surface area contributed by atoms with Crippen LogP contribution < -0.4 is 20.6 Å². The molecule has 2 aliphatic heterocycles. The Morgan fingerprint density at radius 1 is 0.449 bits per heavy atom. The van der Waals surface area contributed by atoms with E-state index in [9.17, 15) is 0 Å². The van der Waals surface area contributed by atoms with E-state index < -0.39 is 0 Å². The fraction of sp³-hybridized carbons (Fsp3) is 0. The van der Waals surface area contributed by atoms with E-state index in [1.54, 1.807) is 0 Å². The zero-order valence-corrected chi connectivity index (χ0v) is 26.4. The van der Waals surface area contributed by atoms with Crippen LogP contribution in [0.3, 0.4) is 0 Å². The topological polar surface area (TPSA) is 32.8 Å². The normalized spacial score (nSPS) is 13.2. The second-order valence-electron chi connectivity index (χ2n) is 12.8. The Labute approximate surface area is 283 Å². The third-order valence-electron chi connectivity index (χ3n) is 10.3. The molecule has 0 atom stereocenters. The Balaban J connectivity index is 1.25. The van der Waals surface area contributed by atoms with Gasteiger partial charge in [0.25, 0.3) is 0 Å². The molecule has 9 aromatic rings. The lowest BCUT2D eigenvalue weighted by molar-refractivity contribution is 0.616. The molecule has 0 fully saturated rings. The predicted molar refractivity (Wildman–Crippen MR) is 203 cm³/mol. The molecule has 2 aliphatic rings. The average molecular weight is 627 g/mol. The molecule has 0 bridgehead atoms. The molecule has 0 radical (unpaired) electrons. The molecule has 0 unspecified atom stereocenters. The first-order valence-electron chi connectivity index (χ1n) is 16.7. The number of para-hydroxylation sites is 4. The van der Waals surface area contributed by atoms with Crippen molar-refractivity contribution in [3.63, 3.8) is 0 Å². The molecule has 228 valence electrons. The van der Waals surface area contributed by atoms with Crippen LogP contribution in [0, 0.1) is 0 Å². The molecular weight excluding hydrogens is 599 g/mol. The molecule has 2 aromatic heterocycles. The van der Waals surface area contributed by atoms with Gasteiger partial charge in [-0.1, -0.05) is 109 Å². The van der Waals surface area contributed by atoms with E-state index in [1.807, 2.05) is 12.3 Å². The molecule has 11 rings (SSSR count). The van der Waals surface area contributed by atoms with Crippen molar-refractivity contribution in [3.05, 3.63) is 164 Å². The van der Waals surface area contributed by atoms with Crippen LogP contribution in [-0.2, 0) is 0 Å². The van der Waals surface area contributed by atoms with Gasteiger partial charge in [0.15, 0.2) is 5.58 Å². The molecule has 4 heterocycles. The van der Waals surface area contributed by atoms with Crippen molar-refractivity contribution in [2.24, 2.45) is 0 Å². The van der Waals surface area contributed by atoms with E-state index in [0.717, 1.165) is 61.2 Å². The molecular formula is C44H27BN2O2. The van der Waals surface area contributed by atoms with Crippen LogP contribution in [0.5, 0.6) is 0 Å². The van der Waals surface area contributed by atoms with Crippen molar-refractivity contribution in [2.75, 3.05) is 9.71 Å². The van der Waals surface area contributed by atoms with Crippen LogP contribution in [-0.4, -0.2) is 6.85 Å². The Bertz CT molecular complexity index is 2760. The summed E-state index contributed by atoms with van der Waals surface area (Å²) in [6, 6.07) is 56.4. The van der Waals surface area contributed by atoms with Crippen LogP contribution in [0.25, 0.3) is 55.2 Å². The standard InChI is InChI=1S/C44H27BN2O2/c1-2-12-28(13-3-1)29-24-25-40-34(26-27-48-40)43(29)47-36-19-7-4-14-30(36)32-16-10-21-38-42(32)45(47)35-18-6-8-20-37(35)46(38)39-22-11-17-33-31-15-5-9-23-41(31)49-44(33)39/h1-27H. The number of rotatable bonds is 3. The monoisotopic (exact) mass is 626 g/mol. The summed E-state index contributed by atoms with van der Waals surface area (Å²) >= 11 is 0. The Hall–Kier alpha value is -6.46. The lowest BCUT2D eigenvalue weighted by Crippen LogP contribution is -2.61. The Kier molecular flexibility index (Phi) is 5.44. The fourth-order valence-electron chi connectivity index (χ4n) is 8.35. The van der Waals surface area contributed by atoms with E-state index in [0.29, 0.717) is 0 Å². The summed E-state index contributed by atoms with van der Waals surface area (Å²) in [5.74, 6) is 0. The second kappa shape index (κ2) is 10.0. The molecule has 0 aliphatic carbocycles. The maximum Gasteiger partial charge on any atom is 0.333 e. The number of hydrogen-bond donors (Lipinski definition) is 0. The van der Waals surface area contributed by atoms with E-state index >= 15 is 0 Å². The zero-order valence-electron chi connectivity index (χ0n) is 26.4. The molecule has 0 amide bonds. The third-order valence-corrected chi connectivity index (χ3v) is 10.3. The number of nitrogens with zero attached hydrogens (tertiary/aromatic N) is 2. The summed E-state index contributed by atoms with van der Waals surface area (Å²) in [7, 11) is 0. The summed E-state index contributed by atoms with van der Waals surface area (Å²) in [4.78, 5) is 4.98. The number of benzene rings is 7. The summed E-state index contributed by atoms with van der Waals surface area (Å²) in [5, 5.41) is 3.33. The van der Waals surface area contributed by atoms with Crippen LogP contribution in [0.1, 0.15) is 0 Å². The third kappa shape index (κ3) is 3.64. The van der Waals surface area contributed by atoms with Gasteiger partial charge in [-0.3, -0.25) is 0 Å². The molecule has 0 N–H and O–H groups in total. The fourth-order valence-corrected chi connectivity index (χ4v) is 8.35. The molecule has 5 heteroatoms. The summed E-state index contributed by atoms with van der Waals surface area (Å²) < 4.78 is 12.7. The maximum atomic E-state index is 6.65. The van der Waals surface area contributed by atoms with Crippen LogP contribution >= 0.6 is 0 Å². The van der Waals surface area contributed by atoms with Crippen molar-refractivity contribution in [2.45, 2.75) is 0 Å². The van der Waals surface area contributed by atoms with Gasteiger partial charge in [0.1, 0.15) is 11.2 Å². The van der Waals surface area contributed by atoms with Gasteiger partial charge in [-0.05, 0) is 70.6 Å². The van der Waals surface area contributed by atoms with Gasteiger partial charge < -0.3 is 18.5 Å². The molecule has 4 nitrogen and oxygen atoms in total. The lowest BCUT2D eigenvalue weighted by Gasteiger charge is -2.46. The summed E-state index contributed by atoms with van der Waals surface area (Å²) in [6.45, 7) is -0.105. The Morgan fingerprint density at radius 3 is 2.10 bits per heavy atom. The van der Waals surface area contributed by atoms with E-state index in [-0.39, 0.29) is 6.85 Å². The largest absolute Gasteiger partial charge is 0.464 e. The highest BCUT2D eigenvalue weighted by atomic mass is 16.3. The first kappa shape index (κ1) is 26.6. The highest BCUT2D eigenvalue weighted by Gasteiger charge is 2.46. The van der Waals surface area contributed by atoms with Crippen LogP contribution in [0.2, 0.25) is 0 Å². The number of furan rings is 2. The lowest BCUT2D eigenvalue weighted by atomic mass is 9.43. The van der Waals surface area contributed by atoms with Gasteiger partial charge in [-0.15, -0.1) is 0 Å². The number of hydrogen-bond acceptors (Lipinski definition) is 4. The summed E-state index contributed by atoms with van der Waals surface area (Å²) in [5.41, 5.74) is 15.5. The SMILES string of the molecule is c1ccc(-c2ccc3occc3c2N2B3c4ccccc4N(c4cccc5c4oc4ccccc45)c4cccc(c43)-c3ccccc32)cc1. The van der Waals surface area contributed by atoms with Gasteiger partial charge in [-0.2, -0.15) is 0 Å². The molecule has 0 saturated carbocycles. The minimum Gasteiger partial charge on any atom is -0.464 e. The summed E-state index contributed by atoms with van der Waals surface area (Å²) in [6.07, 6.45) is 1.81. The Morgan fingerprint density at radius 2 is 1.16 bits per heavy atom. The molecule has 49 heavy (non-hydrogen) atoms. The van der Waals surface area contributed by atoms with Gasteiger partial charge in [0, 0.05) is 50.0 Å². The smallest absolute Gasteiger partial charge is 0.333 e. The van der Waals surface area contributed by atoms with Crippen molar-refractivity contribution < 1.29 is 8.83 Å². The minimum absolute atomic E-state index is 0.105. The molecule has 0 saturated heterocycles. The minimum atomic E-state index is -0.105. The zero-order chi connectivity index (χ0) is 32.1. The van der Waals surface area contributed by atoms with Crippen molar-refractivity contribution in [3.8, 4) is 22.3 Å². The molecule has 7 aromatic carbocycles. The average Bonchev–Trinajstić information content (AvgIpc) is 3.81. The van der Waals surface area contributed by atoms with E-state index in [1.165, 1.54) is 33.3 Å². The maximum absolute atomic E-state index is 6.65. The highest BCUT2D eigenvalue weighted by Crippen LogP contribution is 2.50. The van der Waals surface area contributed by atoms with Gasteiger partial charge in [0.2, 0.25) is 0 Å². The van der Waals surface area contributed by atoms with E-state index in [2.05, 4.69) is 161 Å². The second-order valence-corrected chi connectivity index (χ2v) is 12.8. The van der Waals surface area contributed by atoms with Crippen molar-refractivity contribution >= 4 is 79.1 Å². The quantitative estimate of drug-likeness (QED) is 0.183.